The van der Waals surface area contributed by atoms with Crippen molar-refractivity contribution in [2.24, 2.45) is 5.73 Å². The molecule has 0 saturated heterocycles. The highest BCUT2D eigenvalue weighted by atomic mass is 32.1. The van der Waals surface area contributed by atoms with Crippen LogP contribution in [0.25, 0.3) is 0 Å². The quantitative estimate of drug-likeness (QED) is 0.823. The number of aromatic nitrogens is 1. The van der Waals surface area contributed by atoms with Crippen LogP contribution in [0.15, 0.2) is 5.38 Å². The summed E-state index contributed by atoms with van der Waals surface area (Å²) >= 11 is 1.13. The fourth-order valence-electron chi connectivity index (χ4n) is 0.780. The molecule has 0 radical (unpaired) electrons. The summed E-state index contributed by atoms with van der Waals surface area (Å²) in [6.07, 6.45) is -4.41. The first kappa shape index (κ1) is 11.9. The Morgan fingerprint density at radius 2 is 2.27 bits per heavy atom. The number of carbonyl (C=O) groups is 1. The molecule has 1 aromatic heterocycles. The van der Waals surface area contributed by atoms with Crippen molar-refractivity contribution in [3.8, 4) is 0 Å². The van der Waals surface area contributed by atoms with E-state index in [0.29, 0.717) is 5.01 Å². The van der Waals surface area contributed by atoms with Crippen molar-refractivity contribution in [1.29, 1.82) is 0 Å². The van der Waals surface area contributed by atoms with Crippen LogP contribution in [0, 0.1) is 0 Å². The lowest BCUT2D eigenvalue weighted by Crippen LogP contribution is -2.33. The van der Waals surface area contributed by atoms with E-state index in [9.17, 15) is 18.0 Å². The first-order valence-corrected chi connectivity index (χ1v) is 4.80. The maximum atomic E-state index is 11.8. The molecule has 1 heterocycles. The molecule has 0 bridgehead atoms. The van der Waals surface area contributed by atoms with Crippen molar-refractivity contribution in [2.75, 3.05) is 6.54 Å². The van der Waals surface area contributed by atoms with Gasteiger partial charge in [0, 0.05) is 11.9 Å². The molecule has 0 aromatic carbocycles. The topological polar surface area (TPSA) is 68.0 Å². The Balaban J connectivity index is 2.54. The third kappa shape index (κ3) is 3.84. The minimum Gasteiger partial charge on any atom is -0.342 e. The lowest BCUT2D eigenvalue weighted by Gasteiger charge is -2.06. The van der Waals surface area contributed by atoms with Crippen LogP contribution in [-0.2, 0) is 6.54 Å². The molecule has 1 amide bonds. The number of thiazole rings is 1. The molecule has 15 heavy (non-hydrogen) atoms. The molecule has 1 rings (SSSR count). The number of nitrogens with two attached hydrogens (primary N) is 1. The second-order valence-corrected chi connectivity index (χ2v) is 3.57. The van der Waals surface area contributed by atoms with Crippen molar-refractivity contribution in [2.45, 2.75) is 12.7 Å². The van der Waals surface area contributed by atoms with E-state index in [2.05, 4.69) is 4.98 Å². The van der Waals surface area contributed by atoms with Crippen LogP contribution in [0.5, 0.6) is 0 Å². The van der Waals surface area contributed by atoms with Gasteiger partial charge in [-0.25, -0.2) is 4.98 Å². The van der Waals surface area contributed by atoms with Crippen molar-refractivity contribution in [3.63, 3.8) is 0 Å². The first-order valence-electron chi connectivity index (χ1n) is 3.92. The summed E-state index contributed by atoms with van der Waals surface area (Å²) in [4.78, 5) is 14.9. The summed E-state index contributed by atoms with van der Waals surface area (Å²) in [5, 5.41) is 3.59. The summed E-state index contributed by atoms with van der Waals surface area (Å²) in [5.41, 5.74) is 5.21. The minimum atomic E-state index is -4.41. The maximum absolute atomic E-state index is 11.8. The van der Waals surface area contributed by atoms with E-state index in [1.807, 2.05) is 0 Å². The Morgan fingerprint density at radius 3 is 2.73 bits per heavy atom. The summed E-state index contributed by atoms with van der Waals surface area (Å²) in [6, 6.07) is 0. The molecule has 8 heteroatoms. The highest BCUT2D eigenvalue weighted by Gasteiger charge is 2.28. The van der Waals surface area contributed by atoms with E-state index in [1.54, 1.807) is 5.32 Å². The summed E-state index contributed by atoms with van der Waals surface area (Å²) in [7, 11) is 0. The van der Waals surface area contributed by atoms with Gasteiger partial charge in [-0.15, -0.1) is 11.3 Å². The van der Waals surface area contributed by atoms with Crippen LogP contribution >= 0.6 is 11.3 Å². The largest absolute Gasteiger partial charge is 0.405 e. The number of carbonyl (C=O) groups excluding carboxylic acids is 1. The molecule has 0 aliphatic rings. The van der Waals surface area contributed by atoms with Gasteiger partial charge in [0.15, 0.2) is 0 Å². The van der Waals surface area contributed by atoms with Crippen LogP contribution < -0.4 is 11.1 Å². The van der Waals surface area contributed by atoms with E-state index in [0.717, 1.165) is 11.3 Å². The Morgan fingerprint density at radius 1 is 1.60 bits per heavy atom. The normalized spacial score (nSPS) is 11.5. The number of amides is 1. The van der Waals surface area contributed by atoms with Crippen LogP contribution in [0.1, 0.15) is 15.5 Å². The van der Waals surface area contributed by atoms with Gasteiger partial charge in [-0.3, -0.25) is 4.79 Å². The molecular formula is C7H8F3N3OS. The van der Waals surface area contributed by atoms with Crippen molar-refractivity contribution >= 4 is 17.2 Å². The smallest absolute Gasteiger partial charge is 0.342 e. The lowest BCUT2D eigenvalue weighted by molar-refractivity contribution is -0.123. The zero-order valence-corrected chi connectivity index (χ0v) is 8.28. The molecule has 0 saturated carbocycles. The van der Waals surface area contributed by atoms with Crippen molar-refractivity contribution in [3.05, 3.63) is 16.1 Å². The molecule has 4 nitrogen and oxygen atoms in total. The van der Waals surface area contributed by atoms with Crippen LogP contribution in [0.4, 0.5) is 13.2 Å². The van der Waals surface area contributed by atoms with Gasteiger partial charge in [0.05, 0.1) is 0 Å². The molecule has 1 aromatic rings. The van der Waals surface area contributed by atoms with Gasteiger partial charge < -0.3 is 11.1 Å². The Hall–Kier alpha value is -1.15. The SMILES string of the molecule is NCc1nc(C(=O)NCC(F)(F)F)cs1. The summed E-state index contributed by atoms with van der Waals surface area (Å²) < 4.78 is 35.3. The van der Waals surface area contributed by atoms with Gasteiger partial charge in [-0.05, 0) is 0 Å². The third-order valence-electron chi connectivity index (χ3n) is 1.41. The van der Waals surface area contributed by atoms with E-state index in [1.165, 1.54) is 5.38 Å². The van der Waals surface area contributed by atoms with E-state index < -0.39 is 18.6 Å². The van der Waals surface area contributed by atoms with Gasteiger partial charge in [0.2, 0.25) is 0 Å². The minimum absolute atomic E-state index is 0.0373. The van der Waals surface area contributed by atoms with E-state index >= 15 is 0 Å². The molecule has 0 unspecified atom stereocenters. The molecule has 0 atom stereocenters. The number of nitrogens with zero attached hydrogens (tertiary/aromatic N) is 1. The number of alkyl halides is 3. The van der Waals surface area contributed by atoms with Crippen molar-refractivity contribution in [1.82, 2.24) is 10.3 Å². The zero-order valence-electron chi connectivity index (χ0n) is 7.47. The average molecular weight is 239 g/mol. The molecule has 0 spiro atoms. The number of nitrogens with one attached hydrogen (secondary N) is 1. The lowest BCUT2D eigenvalue weighted by atomic mass is 10.4. The van der Waals surface area contributed by atoms with Crippen LogP contribution in [0.3, 0.4) is 0 Å². The second-order valence-electron chi connectivity index (χ2n) is 2.63. The average Bonchev–Trinajstić information content (AvgIpc) is 2.61. The Bertz CT molecular complexity index is 349. The van der Waals surface area contributed by atoms with Gasteiger partial charge in [0.1, 0.15) is 17.2 Å². The van der Waals surface area contributed by atoms with Crippen molar-refractivity contribution < 1.29 is 18.0 Å². The molecular weight excluding hydrogens is 231 g/mol. The van der Waals surface area contributed by atoms with Gasteiger partial charge in [-0.1, -0.05) is 0 Å². The number of hydrogen-bond acceptors (Lipinski definition) is 4. The maximum Gasteiger partial charge on any atom is 0.405 e. The fraction of sp³-hybridized carbons (Fsp3) is 0.429. The van der Waals surface area contributed by atoms with E-state index in [-0.39, 0.29) is 12.2 Å². The molecule has 0 fully saturated rings. The highest BCUT2D eigenvalue weighted by Crippen LogP contribution is 2.13. The number of halogens is 3. The predicted octanol–water partition coefficient (Wildman–Crippen LogP) is 0.894. The summed E-state index contributed by atoms with van der Waals surface area (Å²) in [5.74, 6) is -0.844. The standard InChI is InChI=1S/C7H8F3N3OS/c8-7(9,10)3-12-6(14)4-2-15-5(1-11)13-4/h2H,1,3,11H2,(H,12,14). The Labute approximate surface area is 87.3 Å². The Kier molecular flexibility index (Phi) is 3.64. The number of hydrogen-bond donors (Lipinski definition) is 2. The monoisotopic (exact) mass is 239 g/mol. The molecule has 0 aliphatic carbocycles. The highest BCUT2D eigenvalue weighted by molar-refractivity contribution is 7.09. The third-order valence-corrected chi connectivity index (χ3v) is 2.28. The summed E-state index contributed by atoms with van der Waals surface area (Å²) in [6.45, 7) is -1.20. The van der Waals surface area contributed by atoms with Gasteiger partial charge in [-0.2, -0.15) is 13.2 Å². The number of rotatable bonds is 3. The van der Waals surface area contributed by atoms with Gasteiger partial charge in [0.25, 0.3) is 5.91 Å². The second kappa shape index (κ2) is 4.58. The van der Waals surface area contributed by atoms with E-state index in [4.69, 9.17) is 5.73 Å². The molecule has 0 aliphatic heterocycles. The fourth-order valence-corrected chi connectivity index (χ4v) is 1.43. The molecule has 3 N–H and O–H groups in total. The first-order chi connectivity index (χ1) is 6.92. The van der Waals surface area contributed by atoms with Gasteiger partial charge >= 0.3 is 6.18 Å². The zero-order chi connectivity index (χ0) is 11.5. The molecule has 84 valence electrons. The predicted molar refractivity (Wildman–Crippen MR) is 48.4 cm³/mol. The van der Waals surface area contributed by atoms with Crippen LogP contribution in [-0.4, -0.2) is 23.6 Å². The van der Waals surface area contributed by atoms with Crippen LogP contribution in [0.2, 0.25) is 0 Å².